The highest BCUT2D eigenvalue weighted by atomic mass is 19.4. The van der Waals surface area contributed by atoms with Gasteiger partial charge in [0.05, 0.1) is 11.1 Å². The Bertz CT molecular complexity index is 859. The smallest absolute Gasteiger partial charge is 0.349 e. The normalized spacial score (nSPS) is 24.0. The van der Waals surface area contributed by atoms with Gasteiger partial charge in [-0.3, -0.25) is 4.79 Å². The lowest BCUT2D eigenvalue weighted by molar-refractivity contribution is -0.137. The van der Waals surface area contributed by atoms with Crippen molar-refractivity contribution >= 4 is 17.4 Å². The lowest BCUT2D eigenvalue weighted by atomic mass is 9.99. The number of hydrogen-bond donors (Lipinski definition) is 3. The van der Waals surface area contributed by atoms with Gasteiger partial charge in [0.15, 0.2) is 0 Å². The number of halogens is 3. The Morgan fingerprint density at radius 3 is 2.57 bits per heavy atom. The minimum absolute atomic E-state index is 0.0906. The molecule has 0 aliphatic carbocycles. The van der Waals surface area contributed by atoms with Crippen molar-refractivity contribution in [1.82, 2.24) is 15.6 Å². The fraction of sp³-hybridized carbons (Fsp3) is 0.400. The van der Waals surface area contributed by atoms with Crippen molar-refractivity contribution in [2.45, 2.75) is 50.0 Å². The molecule has 1 amide bonds. The Balaban J connectivity index is 1.50. The number of alkyl halides is 3. The second-order valence-electron chi connectivity index (χ2n) is 7.38. The second-order valence-corrected chi connectivity index (χ2v) is 7.38. The maximum Gasteiger partial charge on any atom is 0.416 e. The quantitative estimate of drug-likeness (QED) is 0.742. The summed E-state index contributed by atoms with van der Waals surface area (Å²) in [5, 5.41) is 9.43. The van der Waals surface area contributed by atoms with E-state index in [-0.39, 0.29) is 23.5 Å². The van der Waals surface area contributed by atoms with Crippen LogP contribution < -0.4 is 16.0 Å². The molecule has 2 atom stereocenters. The van der Waals surface area contributed by atoms with Crippen molar-refractivity contribution in [3.05, 3.63) is 53.7 Å². The van der Waals surface area contributed by atoms with E-state index in [4.69, 9.17) is 0 Å². The molecule has 1 aromatic carbocycles. The van der Waals surface area contributed by atoms with Gasteiger partial charge in [0.1, 0.15) is 5.82 Å². The SMILES string of the molecule is O=C(NC1CC2CCC(C1)N2)c1cccnc1Nc1cccc(C(F)(F)F)c1. The van der Waals surface area contributed by atoms with Crippen molar-refractivity contribution in [2.75, 3.05) is 5.32 Å². The van der Waals surface area contributed by atoms with Gasteiger partial charge in [-0.25, -0.2) is 4.98 Å². The van der Waals surface area contributed by atoms with Gasteiger partial charge < -0.3 is 16.0 Å². The first-order valence-electron chi connectivity index (χ1n) is 9.35. The van der Waals surface area contributed by atoms with Crippen LogP contribution in [0.3, 0.4) is 0 Å². The Morgan fingerprint density at radius 2 is 1.86 bits per heavy atom. The first kappa shape index (κ1) is 18.7. The van der Waals surface area contributed by atoms with Crippen LogP contribution in [0.2, 0.25) is 0 Å². The number of hydrogen-bond acceptors (Lipinski definition) is 4. The highest BCUT2D eigenvalue weighted by Crippen LogP contribution is 2.32. The maximum atomic E-state index is 12.9. The third-order valence-corrected chi connectivity index (χ3v) is 5.31. The lowest BCUT2D eigenvalue weighted by Crippen LogP contribution is -2.48. The van der Waals surface area contributed by atoms with Gasteiger partial charge in [-0.2, -0.15) is 13.2 Å². The summed E-state index contributed by atoms with van der Waals surface area (Å²) in [7, 11) is 0. The molecular weight excluding hydrogens is 369 g/mol. The fourth-order valence-electron chi connectivity index (χ4n) is 4.04. The molecule has 0 saturated carbocycles. The predicted octanol–water partition coefficient (Wildman–Crippen LogP) is 3.86. The van der Waals surface area contributed by atoms with Crippen LogP contribution in [0.15, 0.2) is 42.6 Å². The number of nitrogens with zero attached hydrogens (tertiary/aromatic N) is 1. The molecule has 148 valence electrons. The molecule has 2 saturated heterocycles. The molecular formula is C20H21F3N4O. The third kappa shape index (κ3) is 4.11. The highest BCUT2D eigenvalue weighted by molar-refractivity contribution is 5.99. The summed E-state index contributed by atoms with van der Waals surface area (Å²) in [6.45, 7) is 0. The molecule has 2 aliphatic rings. The number of anilines is 2. The zero-order chi connectivity index (χ0) is 19.7. The maximum absolute atomic E-state index is 12.9. The van der Waals surface area contributed by atoms with Gasteiger partial charge in [0.25, 0.3) is 5.91 Å². The van der Waals surface area contributed by atoms with Crippen LogP contribution in [-0.4, -0.2) is 29.0 Å². The van der Waals surface area contributed by atoms with E-state index in [1.807, 2.05) is 0 Å². The molecule has 28 heavy (non-hydrogen) atoms. The standard InChI is InChI=1S/C20H21F3N4O/c21-20(22,23)12-3-1-4-13(9-12)26-18-17(5-2-8-24-18)19(28)27-16-10-14-6-7-15(11-16)25-14/h1-5,8-9,14-16,25H,6-7,10-11H2,(H,24,26)(H,27,28). The van der Waals surface area contributed by atoms with E-state index in [0.717, 1.165) is 37.8 Å². The zero-order valence-electron chi connectivity index (χ0n) is 15.1. The Labute approximate surface area is 160 Å². The Hall–Kier alpha value is -2.61. The van der Waals surface area contributed by atoms with E-state index >= 15 is 0 Å². The van der Waals surface area contributed by atoms with Crippen LogP contribution in [0, 0.1) is 0 Å². The van der Waals surface area contributed by atoms with Crippen LogP contribution in [0.5, 0.6) is 0 Å². The molecule has 2 fully saturated rings. The van der Waals surface area contributed by atoms with Crippen molar-refractivity contribution < 1.29 is 18.0 Å². The number of piperidine rings is 1. The van der Waals surface area contributed by atoms with Crippen molar-refractivity contribution in [1.29, 1.82) is 0 Å². The molecule has 2 unspecified atom stereocenters. The number of aromatic nitrogens is 1. The number of benzene rings is 1. The molecule has 0 radical (unpaired) electrons. The fourth-order valence-corrected chi connectivity index (χ4v) is 4.04. The van der Waals surface area contributed by atoms with Gasteiger partial charge >= 0.3 is 6.18 Å². The molecule has 2 aromatic rings. The van der Waals surface area contributed by atoms with Crippen molar-refractivity contribution in [3.63, 3.8) is 0 Å². The number of carbonyl (C=O) groups is 1. The number of amides is 1. The van der Waals surface area contributed by atoms with Crippen molar-refractivity contribution in [3.8, 4) is 0 Å². The first-order valence-corrected chi connectivity index (χ1v) is 9.35. The molecule has 1 aromatic heterocycles. The molecule has 4 rings (SSSR count). The van der Waals surface area contributed by atoms with Gasteiger partial charge in [-0.05, 0) is 56.0 Å². The molecule has 2 aliphatic heterocycles. The van der Waals surface area contributed by atoms with Crippen LogP contribution in [-0.2, 0) is 6.18 Å². The topological polar surface area (TPSA) is 66.0 Å². The summed E-state index contributed by atoms with van der Waals surface area (Å²) >= 11 is 0. The molecule has 3 heterocycles. The molecule has 5 nitrogen and oxygen atoms in total. The largest absolute Gasteiger partial charge is 0.416 e. The van der Waals surface area contributed by atoms with E-state index in [9.17, 15) is 18.0 Å². The Kier molecular flexibility index (Phi) is 4.97. The van der Waals surface area contributed by atoms with E-state index in [2.05, 4.69) is 20.9 Å². The van der Waals surface area contributed by atoms with Crippen LogP contribution in [0.4, 0.5) is 24.7 Å². The van der Waals surface area contributed by atoms with Gasteiger partial charge in [-0.15, -0.1) is 0 Å². The number of pyridine rings is 1. The molecule has 0 spiro atoms. The van der Waals surface area contributed by atoms with Gasteiger partial charge in [0.2, 0.25) is 0 Å². The monoisotopic (exact) mass is 390 g/mol. The minimum atomic E-state index is -4.43. The predicted molar refractivity (Wildman–Crippen MR) is 99.4 cm³/mol. The molecule has 2 bridgehead atoms. The van der Waals surface area contributed by atoms with Crippen LogP contribution in [0.25, 0.3) is 0 Å². The summed E-state index contributed by atoms with van der Waals surface area (Å²) in [5.41, 5.74) is -0.224. The number of rotatable bonds is 4. The van der Waals surface area contributed by atoms with E-state index in [1.54, 1.807) is 12.1 Å². The molecule has 8 heteroatoms. The number of fused-ring (bicyclic) bond motifs is 2. The average Bonchev–Trinajstić information content (AvgIpc) is 3.00. The van der Waals surface area contributed by atoms with Gasteiger partial charge in [-0.1, -0.05) is 6.07 Å². The summed E-state index contributed by atoms with van der Waals surface area (Å²) in [5.74, 6) is -0.0369. The van der Waals surface area contributed by atoms with Crippen LogP contribution >= 0.6 is 0 Å². The second kappa shape index (κ2) is 7.43. The van der Waals surface area contributed by atoms with Crippen LogP contribution in [0.1, 0.15) is 41.6 Å². The highest BCUT2D eigenvalue weighted by Gasteiger charge is 2.34. The summed E-state index contributed by atoms with van der Waals surface area (Å²) in [6.07, 6.45) is 1.10. The van der Waals surface area contributed by atoms with Crippen molar-refractivity contribution in [2.24, 2.45) is 0 Å². The summed E-state index contributed by atoms with van der Waals surface area (Å²) in [4.78, 5) is 16.9. The first-order chi connectivity index (χ1) is 13.4. The summed E-state index contributed by atoms with van der Waals surface area (Å²) in [6, 6.07) is 9.07. The third-order valence-electron chi connectivity index (χ3n) is 5.31. The number of nitrogens with one attached hydrogen (secondary N) is 3. The van der Waals surface area contributed by atoms with E-state index in [1.165, 1.54) is 18.3 Å². The lowest BCUT2D eigenvalue weighted by Gasteiger charge is -2.29. The zero-order valence-corrected chi connectivity index (χ0v) is 15.1. The van der Waals surface area contributed by atoms with E-state index < -0.39 is 11.7 Å². The minimum Gasteiger partial charge on any atom is -0.349 e. The average molecular weight is 390 g/mol. The van der Waals surface area contributed by atoms with Gasteiger partial charge in [0, 0.05) is 30.0 Å². The summed E-state index contributed by atoms with van der Waals surface area (Å²) < 4.78 is 38.8. The Morgan fingerprint density at radius 1 is 1.11 bits per heavy atom. The number of carbonyl (C=O) groups excluding carboxylic acids is 1. The van der Waals surface area contributed by atoms with E-state index in [0.29, 0.717) is 17.6 Å². The molecule has 3 N–H and O–H groups in total.